The van der Waals surface area contributed by atoms with Crippen molar-refractivity contribution >= 4 is 10.9 Å². The van der Waals surface area contributed by atoms with E-state index in [0.717, 1.165) is 5.69 Å². The molecule has 0 saturated heterocycles. The average Bonchev–Trinajstić information content (AvgIpc) is 2.72. The van der Waals surface area contributed by atoms with Crippen LogP contribution in [0.4, 0.5) is 4.39 Å². The van der Waals surface area contributed by atoms with Crippen LogP contribution in [0.2, 0.25) is 0 Å². The Morgan fingerprint density at radius 1 is 1.10 bits per heavy atom. The molecule has 1 aromatic heterocycles. The number of aromatic nitrogens is 1. The third-order valence-electron chi connectivity index (χ3n) is 3.48. The minimum atomic E-state index is -0.282. The van der Waals surface area contributed by atoms with Crippen molar-refractivity contribution < 1.29 is 9.13 Å². The first-order valence-corrected chi connectivity index (χ1v) is 6.57. The molecule has 0 atom stereocenters. The number of hydrogen-bond acceptors (Lipinski definition) is 1. The summed E-state index contributed by atoms with van der Waals surface area (Å²) in [5.41, 5.74) is 3.48. The zero-order valence-corrected chi connectivity index (χ0v) is 11.6. The van der Waals surface area contributed by atoms with Gasteiger partial charge < -0.3 is 9.30 Å². The van der Waals surface area contributed by atoms with Gasteiger partial charge in [-0.15, -0.1) is 0 Å². The Morgan fingerprint density at radius 3 is 2.75 bits per heavy atom. The Bertz CT molecular complexity index is 761. The van der Waals surface area contributed by atoms with Gasteiger partial charge in [-0.1, -0.05) is 17.7 Å². The molecule has 1 heterocycles. The molecule has 0 unspecified atom stereocenters. The second kappa shape index (κ2) is 5.00. The molecule has 2 aromatic carbocycles. The highest BCUT2D eigenvalue weighted by atomic mass is 19.1. The van der Waals surface area contributed by atoms with Gasteiger partial charge in [-0.25, -0.2) is 4.39 Å². The van der Waals surface area contributed by atoms with Crippen LogP contribution in [-0.2, 0) is 13.7 Å². The quantitative estimate of drug-likeness (QED) is 0.695. The van der Waals surface area contributed by atoms with Crippen molar-refractivity contribution in [3.05, 3.63) is 65.6 Å². The van der Waals surface area contributed by atoms with E-state index in [9.17, 15) is 4.39 Å². The van der Waals surface area contributed by atoms with E-state index in [1.54, 1.807) is 12.1 Å². The standard InChI is InChI=1S/C17H16FNO/c1-12-6-7-17-13(8-12)9-15(19(17)2)11-20-16-5-3-4-14(18)10-16/h3-10H,11H2,1-2H3. The molecule has 0 bridgehead atoms. The van der Waals surface area contributed by atoms with Crippen LogP contribution in [0.25, 0.3) is 10.9 Å². The fourth-order valence-corrected chi connectivity index (χ4v) is 2.38. The van der Waals surface area contributed by atoms with Crippen molar-refractivity contribution in [2.24, 2.45) is 7.05 Å². The van der Waals surface area contributed by atoms with Gasteiger partial charge in [0.15, 0.2) is 0 Å². The fraction of sp³-hybridized carbons (Fsp3) is 0.176. The number of halogens is 1. The molecule has 0 fully saturated rings. The topological polar surface area (TPSA) is 14.2 Å². The van der Waals surface area contributed by atoms with E-state index in [2.05, 4.69) is 35.8 Å². The maximum absolute atomic E-state index is 13.1. The molecule has 0 aliphatic carbocycles. The monoisotopic (exact) mass is 269 g/mol. The molecule has 0 aliphatic heterocycles. The molecule has 0 amide bonds. The summed E-state index contributed by atoms with van der Waals surface area (Å²) in [5.74, 6) is 0.265. The first kappa shape index (κ1) is 12.7. The molecule has 20 heavy (non-hydrogen) atoms. The maximum Gasteiger partial charge on any atom is 0.128 e. The van der Waals surface area contributed by atoms with Crippen molar-refractivity contribution in [2.75, 3.05) is 0 Å². The first-order valence-electron chi connectivity index (χ1n) is 6.57. The first-order chi connectivity index (χ1) is 9.63. The van der Waals surface area contributed by atoms with Gasteiger partial charge in [0.05, 0.1) is 5.69 Å². The summed E-state index contributed by atoms with van der Waals surface area (Å²) in [6, 6.07) is 14.7. The average molecular weight is 269 g/mol. The Kier molecular flexibility index (Phi) is 3.18. The highest BCUT2D eigenvalue weighted by molar-refractivity contribution is 5.82. The van der Waals surface area contributed by atoms with E-state index in [1.807, 2.05) is 7.05 Å². The van der Waals surface area contributed by atoms with Crippen LogP contribution in [0.3, 0.4) is 0 Å². The summed E-state index contributed by atoms with van der Waals surface area (Å²) in [6.07, 6.45) is 0. The van der Waals surface area contributed by atoms with Gasteiger partial charge in [0.2, 0.25) is 0 Å². The molecule has 0 aliphatic rings. The molecular formula is C17H16FNO. The molecule has 0 radical (unpaired) electrons. The van der Waals surface area contributed by atoms with Crippen LogP contribution >= 0.6 is 0 Å². The maximum atomic E-state index is 13.1. The lowest BCUT2D eigenvalue weighted by atomic mass is 10.2. The minimum Gasteiger partial charge on any atom is -0.487 e. The van der Waals surface area contributed by atoms with Gasteiger partial charge >= 0.3 is 0 Å². The van der Waals surface area contributed by atoms with Gasteiger partial charge in [-0.3, -0.25) is 0 Å². The summed E-state index contributed by atoms with van der Waals surface area (Å²) >= 11 is 0. The minimum absolute atomic E-state index is 0.282. The predicted octanol–water partition coefficient (Wildman–Crippen LogP) is 4.20. The molecule has 2 nitrogen and oxygen atoms in total. The number of nitrogens with zero attached hydrogens (tertiary/aromatic N) is 1. The van der Waals surface area contributed by atoms with E-state index < -0.39 is 0 Å². The van der Waals surface area contributed by atoms with Crippen LogP contribution in [0.15, 0.2) is 48.5 Å². The smallest absolute Gasteiger partial charge is 0.128 e. The van der Waals surface area contributed by atoms with Crippen LogP contribution in [0.5, 0.6) is 5.75 Å². The second-order valence-electron chi connectivity index (χ2n) is 5.00. The summed E-state index contributed by atoms with van der Waals surface area (Å²) < 4.78 is 20.9. The third-order valence-corrected chi connectivity index (χ3v) is 3.48. The van der Waals surface area contributed by atoms with E-state index >= 15 is 0 Å². The molecule has 0 spiro atoms. The van der Waals surface area contributed by atoms with Crippen molar-refractivity contribution in [3.63, 3.8) is 0 Å². The molecular weight excluding hydrogens is 253 g/mol. The Hall–Kier alpha value is -2.29. The zero-order chi connectivity index (χ0) is 14.1. The van der Waals surface area contributed by atoms with Gasteiger partial charge in [0.1, 0.15) is 18.2 Å². The normalized spacial score (nSPS) is 10.9. The predicted molar refractivity (Wildman–Crippen MR) is 78.4 cm³/mol. The molecule has 3 rings (SSSR count). The number of benzene rings is 2. The molecule has 102 valence electrons. The van der Waals surface area contributed by atoms with Crippen LogP contribution in [0.1, 0.15) is 11.3 Å². The van der Waals surface area contributed by atoms with E-state index in [0.29, 0.717) is 12.4 Å². The van der Waals surface area contributed by atoms with E-state index in [1.165, 1.54) is 28.6 Å². The third kappa shape index (κ3) is 2.39. The van der Waals surface area contributed by atoms with Crippen molar-refractivity contribution in [3.8, 4) is 5.75 Å². The summed E-state index contributed by atoms with van der Waals surface area (Å²) in [5, 5.41) is 1.20. The van der Waals surface area contributed by atoms with Crippen molar-refractivity contribution in [1.82, 2.24) is 4.57 Å². The molecule has 3 heteroatoms. The van der Waals surface area contributed by atoms with Crippen LogP contribution in [0, 0.1) is 12.7 Å². The number of rotatable bonds is 3. The van der Waals surface area contributed by atoms with Gasteiger partial charge in [0, 0.05) is 24.0 Å². The molecule has 0 saturated carbocycles. The molecule has 3 aromatic rings. The van der Waals surface area contributed by atoms with Gasteiger partial charge in [-0.2, -0.15) is 0 Å². The lowest BCUT2D eigenvalue weighted by Crippen LogP contribution is -2.01. The van der Waals surface area contributed by atoms with Crippen LogP contribution in [-0.4, -0.2) is 4.57 Å². The number of hydrogen-bond donors (Lipinski definition) is 0. The highest BCUT2D eigenvalue weighted by Crippen LogP contribution is 2.21. The lowest BCUT2D eigenvalue weighted by Gasteiger charge is -2.07. The number of fused-ring (bicyclic) bond motifs is 1. The Balaban J connectivity index is 1.86. The largest absolute Gasteiger partial charge is 0.487 e. The zero-order valence-electron chi connectivity index (χ0n) is 11.6. The van der Waals surface area contributed by atoms with Gasteiger partial charge in [0.25, 0.3) is 0 Å². The van der Waals surface area contributed by atoms with E-state index in [4.69, 9.17) is 4.74 Å². The fourth-order valence-electron chi connectivity index (χ4n) is 2.38. The summed E-state index contributed by atoms with van der Waals surface area (Å²) in [7, 11) is 2.02. The van der Waals surface area contributed by atoms with Crippen molar-refractivity contribution in [1.29, 1.82) is 0 Å². The van der Waals surface area contributed by atoms with Gasteiger partial charge in [-0.05, 0) is 37.3 Å². The SMILES string of the molecule is Cc1ccc2c(c1)cc(COc1cccc(F)c1)n2C. The summed E-state index contributed by atoms with van der Waals surface area (Å²) in [4.78, 5) is 0. The molecule has 0 N–H and O–H groups in total. The van der Waals surface area contributed by atoms with Crippen LogP contribution < -0.4 is 4.74 Å². The number of ether oxygens (including phenoxy) is 1. The summed E-state index contributed by atoms with van der Waals surface area (Å²) in [6.45, 7) is 2.50. The lowest BCUT2D eigenvalue weighted by molar-refractivity contribution is 0.296. The van der Waals surface area contributed by atoms with Crippen molar-refractivity contribution in [2.45, 2.75) is 13.5 Å². The second-order valence-corrected chi connectivity index (χ2v) is 5.00. The Labute approximate surface area is 117 Å². The highest BCUT2D eigenvalue weighted by Gasteiger charge is 2.06. The Morgan fingerprint density at radius 2 is 1.95 bits per heavy atom. The van der Waals surface area contributed by atoms with E-state index in [-0.39, 0.29) is 5.82 Å². The number of aryl methyl sites for hydroxylation is 2.